The van der Waals surface area contributed by atoms with Gasteiger partial charge in [-0.15, -0.1) is 0 Å². The van der Waals surface area contributed by atoms with E-state index < -0.39 is 0 Å². The van der Waals surface area contributed by atoms with Crippen molar-refractivity contribution in [3.8, 4) is 28.7 Å². The summed E-state index contributed by atoms with van der Waals surface area (Å²) in [4.78, 5) is 0. The molecule has 5 nitrogen and oxygen atoms in total. The van der Waals surface area contributed by atoms with Crippen molar-refractivity contribution in [2.45, 2.75) is 18.4 Å². The SMILES string of the molecule is COc1ccc(C=CC2CC(c3ccc(OC)cc3)Oc3cc(OC)cc(OC)c32)cc1. The standard InChI is InChI=1S/C27H28O5/c1-28-21-11-6-18(7-12-21)5-8-20-15-24(19-9-13-22(29-2)14-10-19)32-26-17-23(30-3)16-25(31-4)27(20)26/h5-14,16-17,20,24H,15H2,1-4H3. The first-order valence-electron chi connectivity index (χ1n) is 10.5. The van der Waals surface area contributed by atoms with Gasteiger partial charge in [-0.1, -0.05) is 36.4 Å². The molecule has 0 aliphatic carbocycles. The second-order valence-electron chi connectivity index (χ2n) is 7.60. The van der Waals surface area contributed by atoms with Crippen molar-refractivity contribution >= 4 is 6.08 Å². The molecule has 0 aromatic heterocycles. The van der Waals surface area contributed by atoms with E-state index in [2.05, 4.69) is 24.3 Å². The Bertz CT molecular complexity index is 1070. The smallest absolute Gasteiger partial charge is 0.131 e. The van der Waals surface area contributed by atoms with Gasteiger partial charge in [-0.05, 0) is 41.8 Å². The average molecular weight is 433 g/mol. The van der Waals surface area contributed by atoms with Crippen molar-refractivity contribution in [2.75, 3.05) is 28.4 Å². The van der Waals surface area contributed by atoms with Crippen LogP contribution in [0.3, 0.4) is 0 Å². The lowest BCUT2D eigenvalue weighted by Gasteiger charge is -2.32. The summed E-state index contributed by atoms with van der Waals surface area (Å²) in [6.07, 6.45) is 5.04. The Labute approximate surface area is 189 Å². The molecule has 0 saturated heterocycles. The van der Waals surface area contributed by atoms with Gasteiger partial charge in [-0.25, -0.2) is 0 Å². The summed E-state index contributed by atoms with van der Waals surface area (Å²) < 4.78 is 28.2. The minimum absolute atomic E-state index is 0.101. The largest absolute Gasteiger partial charge is 0.497 e. The van der Waals surface area contributed by atoms with Gasteiger partial charge < -0.3 is 23.7 Å². The Hall–Kier alpha value is -3.60. The molecule has 3 aromatic carbocycles. The Morgan fingerprint density at radius 1 is 0.750 bits per heavy atom. The quantitative estimate of drug-likeness (QED) is 0.455. The molecule has 3 aromatic rings. The van der Waals surface area contributed by atoms with E-state index in [-0.39, 0.29) is 12.0 Å². The van der Waals surface area contributed by atoms with Gasteiger partial charge in [0.15, 0.2) is 0 Å². The first kappa shape index (κ1) is 21.6. The lowest BCUT2D eigenvalue weighted by atomic mass is 9.86. The highest BCUT2D eigenvalue weighted by atomic mass is 16.5. The summed E-state index contributed by atoms with van der Waals surface area (Å²) in [6, 6.07) is 19.9. The third-order valence-corrected chi connectivity index (χ3v) is 5.77. The molecule has 4 rings (SSSR count). The van der Waals surface area contributed by atoms with Crippen LogP contribution in [-0.2, 0) is 0 Å². The molecule has 2 atom stereocenters. The lowest BCUT2D eigenvalue weighted by molar-refractivity contribution is 0.165. The summed E-state index contributed by atoms with van der Waals surface area (Å²) in [7, 11) is 6.66. The van der Waals surface area contributed by atoms with Gasteiger partial charge in [-0.2, -0.15) is 0 Å². The van der Waals surface area contributed by atoms with Gasteiger partial charge >= 0.3 is 0 Å². The van der Waals surface area contributed by atoms with Crippen LogP contribution in [-0.4, -0.2) is 28.4 Å². The molecule has 1 aliphatic rings. The minimum Gasteiger partial charge on any atom is -0.497 e. The molecule has 5 heteroatoms. The zero-order valence-electron chi connectivity index (χ0n) is 18.8. The van der Waals surface area contributed by atoms with Crippen LogP contribution in [0.15, 0.2) is 66.7 Å². The molecule has 0 spiro atoms. The number of methoxy groups -OCH3 is 4. The van der Waals surface area contributed by atoms with Crippen molar-refractivity contribution in [3.05, 3.63) is 83.4 Å². The molecule has 0 N–H and O–H groups in total. The molecule has 0 saturated carbocycles. The van der Waals surface area contributed by atoms with Crippen LogP contribution in [0.4, 0.5) is 0 Å². The second kappa shape index (κ2) is 9.69. The van der Waals surface area contributed by atoms with E-state index in [9.17, 15) is 0 Å². The average Bonchev–Trinajstić information content (AvgIpc) is 2.86. The minimum atomic E-state index is -0.101. The van der Waals surface area contributed by atoms with Crippen LogP contribution < -0.4 is 23.7 Å². The molecular weight excluding hydrogens is 404 g/mol. The van der Waals surface area contributed by atoms with Crippen LogP contribution in [0, 0.1) is 0 Å². The van der Waals surface area contributed by atoms with Gasteiger partial charge in [0.1, 0.15) is 34.9 Å². The van der Waals surface area contributed by atoms with Crippen LogP contribution in [0.5, 0.6) is 28.7 Å². The van der Waals surface area contributed by atoms with Crippen molar-refractivity contribution in [2.24, 2.45) is 0 Å². The summed E-state index contributed by atoms with van der Waals surface area (Å²) in [5.41, 5.74) is 3.23. The maximum atomic E-state index is 6.44. The molecule has 0 fully saturated rings. The van der Waals surface area contributed by atoms with Crippen molar-refractivity contribution in [3.63, 3.8) is 0 Å². The van der Waals surface area contributed by atoms with Crippen molar-refractivity contribution in [1.82, 2.24) is 0 Å². The fourth-order valence-corrected chi connectivity index (χ4v) is 4.02. The van der Waals surface area contributed by atoms with E-state index in [4.69, 9.17) is 23.7 Å². The Morgan fingerprint density at radius 3 is 1.97 bits per heavy atom. The summed E-state index contributed by atoms with van der Waals surface area (Å²) in [6.45, 7) is 0. The zero-order chi connectivity index (χ0) is 22.5. The summed E-state index contributed by atoms with van der Waals surface area (Å²) >= 11 is 0. The van der Waals surface area contributed by atoms with E-state index in [1.165, 1.54) is 0 Å². The molecule has 1 heterocycles. The molecule has 1 aliphatic heterocycles. The number of benzene rings is 3. The first-order chi connectivity index (χ1) is 15.6. The van der Waals surface area contributed by atoms with Crippen LogP contribution in [0.2, 0.25) is 0 Å². The number of ether oxygens (including phenoxy) is 5. The van der Waals surface area contributed by atoms with E-state index in [1.54, 1.807) is 28.4 Å². The maximum absolute atomic E-state index is 6.44. The predicted octanol–water partition coefficient (Wildman–Crippen LogP) is 6.04. The van der Waals surface area contributed by atoms with Crippen molar-refractivity contribution in [1.29, 1.82) is 0 Å². The summed E-state index contributed by atoms with van der Waals surface area (Å²) in [5.74, 6) is 4.01. The molecule has 2 unspecified atom stereocenters. The monoisotopic (exact) mass is 432 g/mol. The van der Waals surface area contributed by atoms with Gasteiger partial charge in [0.25, 0.3) is 0 Å². The molecular formula is C27H28O5. The number of rotatable bonds is 7. The molecule has 0 bridgehead atoms. The molecule has 166 valence electrons. The fraction of sp³-hybridized carbons (Fsp3) is 0.259. The van der Waals surface area contributed by atoms with Gasteiger partial charge in [0.2, 0.25) is 0 Å². The maximum Gasteiger partial charge on any atom is 0.131 e. The van der Waals surface area contributed by atoms with Crippen LogP contribution in [0.25, 0.3) is 6.08 Å². The number of fused-ring (bicyclic) bond motifs is 1. The highest BCUT2D eigenvalue weighted by molar-refractivity contribution is 5.58. The lowest BCUT2D eigenvalue weighted by Crippen LogP contribution is -2.19. The Morgan fingerprint density at radius 2 is 1.38 bits per heavy atom. The summed E-state index contributed by atoms with van der Waals surface area (Å²) in [5, 5.41) is 0. The normalized spacial score (nSPS) is 17.4. The molecule has 0 radical (unpaired) electrons. The molecule has 32 heavy (non-hydrogen) atoms. The topological polar surface area (TPSA) is 46.2 Å². The van der Waals surface area contributed by atoms with Crippen molar-refractivity contribution < 1.29 is 23.7 Å². The van der Waals surface area contributed by atoms with E-state index in [0.29, 0.717) is 5.75 Å². The molecule has 0 amide bonds. The fourth-order valence-electron chi connectivity index (χ4n) is 4.02. The number of hydrogen-bond acceptors (Lipinski definition) is 5. The highest BCUT2D eigenvalue weighted by Crippen LogP contribution is 2.49. The van der Waals surface area contributed by atoms with Crippen LogP contribution in [0.1, 0.15) is 35.1 Å². The van der Waals surface area contributed by atoms with Crippen LogP contribution >= 0.6 is 0 Å². The first-order valence-corrected chi connectivity index (χ1v) is 10.5. The van der Waals surface area contributed by atoms with E-state index in [0.717, 1.165) is 46.1 Å². The highest BCUT2D eigenvalue weighted by Gasteiger charge is 2.31. The third kappa shape index (κ3) is 4.52. The van der Waals surface area contributed by atoms with Gasteiger partial charge in [0, 0.05) is 23.6 Å². The van der Waals surface area contributed by atoms with E-state index >= 15 is 0 Å². The second-order valence-corrected chi connectivity index (χ2v) is 7.60. The Balaban J connectivity index is 1.71. The number of allylic oxidation sites excluding steroid dienone is 1. The number of hydrogen-bond donors (Lipinski definition) is 0. The zero-order valence-corrected chi connectivity index (χ0v) is 18.8. The van der Waals surface area contributed by atoms with E-state index in [1.807, 2.05) is 48.5 Å². The Kier molecular flexibility index (Phi) is 6.55. The third-order valence-electron chi connectivity index (χ3n) is 5.77. The van der Waals surface area contributed by atoms with Gasteiger partial charge in [0.05, 0.1) is 28.4 Å². The van der Waals surface area contributed by atoms with Gasteiger partial charge in [-0.3, -0.25) is 0 Å². The predicted molar refractivity (Wildman–Crippen MR) is 125 cm³/mol.